The summed E-state index contributed by atoms with van der Waals surface area (Å²) in [4.78, 5) is 27.2. The summed E-state index contributed by atoms with van der Waals surface area (Å²) in [6.45, 7) is 3.40. The number of halogens is 1. The molecule has 2 aromatic rings. The second kappa shape index (κ2) is 11.4. The van der Waals surface area contributed by atoms with Crippen LogP contribution in [-0.2, 0) is 9.53 Å². The molecule has 2 heterocycles. The number of carbonyl (C=O) groups excluding carboxylic acids is 2. The third-order valence-corrected chi connectivity index (χ3v) is 5.65. The van der Waals surface area contributed by atoms with E-state index in [1.54, 1.807) is 17.0 Å². The van der Waals surface area contributed by atoms with Gasteiger partial charge in [-0.05, 0) is 31.0 Å². The molecule has 0 spiro atoms. The highest BCUT2D eigenvalue weighted by atomic mass is 35.5. The van der Waals surface area contributed by atoms with E-state index in [1.807, 2.05) is 22.9 Å². The van der Waals surface area contributed by atoms with Gasteiger partial charge in [-0.3, -0.25) is 14.3 Å². The zero-order valence-electron chi connectivity index (χ0n) is 17.9. The molecule has 7 nitrogen and oxygen atoms in total. The Morgan fingerprint density at radius 1 is 1.26 bits per heavy atom. The summed E-state index contributed by atoms with van der Waals surface area (Å²) in [5.41, 5.74) is 2.16. The molecule has 3 rings (SSSR count). The summed E-state index contributed by atoms with van der Waals surface area (Å²) >= 11 is 6.00. The van der Waals surface area contributed by atoms with E-state index < -0.39 is 0 Å². The van der Waals surface area contributed by atoms with E-state index in [9.17, 15) is 9.59 Å². The first kappa shape index (κ1) is 23.4. The molecule has 1 aromatic heterocycles. The molecule has 0 fully saturated rings. The van der Waals surface area contributed by atoms with Crippen LogP contribution in [0.1, 0.15) is 55.6 Å². The number of carbonyl (C=O) groups is 2. The smallest absolute Gasteiger partial charge is 0.272 e. The second-order valence-electron chi connectivity index (χ2n) is 7.83. The van der Waals surface area contributed by atoms with Gasteiger partial charge in [0.25, 0.3) is 5.91 Å². The minimum absolute atomic E-state index is 0.0149. The van der Waals surface area contributed by atoms with E-state index in [0.717, 1.165) is 30.5 Å². The fraction of sp³-hybridized carbons (Fsp3) is 0.522. The molecule has 1 aliphatic heterocycles. The highest BCUT2D eigenvalue weighted by Crippen LogP contribution is 2.29. The van der Waals surface area contributed by atoms with Gasteiger partial charge < -0.3 is 14.7 Å². The first-order chi connectivity index (χ1) is 15.0. The summed E-state index contributed by atoms with van der Waals surface area (Å²) in [5, 5.41) is 14.1. The number of amides is 1. The van der Waals surface area contributed by atoms with Gasteiger partial charge in [-0.15, -0.1) is 0 Å². The monoisotopic (exact) mass is 447 g/mol. The lowest BCUT2D eigenvalue weighted by molar-refractivity contribution is -0.120. The normalized spacial score (nSPS) is 15.9. The predicted molar refractivity (Wildman–Crippen MR) is 119 cm³/mol. The summed E-state index contributed by atoms with van der Waals surface area (Å²) < 4.78 is 7.04. The molecule has 1 aromatic carbocycles. The van der Waals surface area contributed by atoms with Gasteiger partial charge in [0.2, 0.25) is 0 Å². The molecule has 1 atom stereocenters. The Morgan fingerprint density at radius 3 is 2.74 bits per heavy atom. The molecule has 31 heavy (non-hydrogen) atoms. The van der Waals surface area contributed by atoms with Crippen LogP contribution in [-0.4, -0.2) is 64.4 Å². The molecule has 8 heteroatoms. The molecule has 1 N–H and O–H groups in total. The van der Waals surface area contributed by atoms with Crippen molar-refractivity contribution in [3.63, 3.8) is 0 Å². The number of hydrogen-bond acceptors (Lipinski definition) is 5. The average molecular weight is 448 g/mol. The lowest BCUT2D eigenvalue weighted by Crippen LogP contribution is -2.45. The molecule has 0 aliphatic carbocycles. The molecular formula is C23H30ClN3O4. The molecule has 168 valence electrons. The summed E-state index contributed by atoms with van der Waals surface area (Å²) in [7, 11) is 0. The number of rotatable bonds is 12. The molecular weight excluding hydrogens is 418 g/mol. The number of aromatic nitrogens is 2. The topological polar surface area (TPSA) is 84.7 Å². The van der Waals surface area contributed by atoms with E-state index in [-0.39, 0.29) is 37.5 Å². The van der Waals surface area contributed by atoms with Crippen molar-refractivity contribution in [1.82, 2.24) is 14.7 Å². The minimum Gasteiger partial charge on any atom is -0.394 e. The quantitative estimate of drug-likeness (QED) is 0.501. The van der Waals surface area contributed by atoms with Crippen LogP contribution in [0.3, 0.4) is 0 Å². The first-order valence-corrected chi connectivity index (χ1v) is 11.3. The van der Waals surface area contributed by atoms with E-state index in [4.69, 9.17) is 26.5 Å². The Hall–Kier alpha value is -2.22. The minimum atomic E-state index is -0.162. The highest BCUT2D eigenvalue weighted by molar-refractivity contribution is 6.30. The average Bonchev–Trinajstić information content (AvgIpc) is 3.21. The Kier molecular flexibility index (Phi) is 8.63. The third kappa shape index (κ3) is 6.15. The number of nitrogens with zero attached hydrogens (tertiary/aromatic N) is 3. The molecule has 0 bridgehead atoms. The molecule has 0 saturated carbocycles. The molecule has 1 amide bonds. The Bertz CT molecular complexity index is 881. The van der Waals surface area contributed by atoms with Crippen LogP contribution in [0.4, 0.5) is 0 Å². The SMILES string of the molecule is CCCCC1CN(CC(=O)CCCOCCO)C(=O)c2cc(-c3ccc(Cl)cc3)nn21. The zero-order valence-corrected chi connectivity index (χ0v) is 18.7. The van der Waals surface area contributed by atoms with Crippen molar-refractivity contribution in [2.24, 2.45) is 0 Å². The van der Waals surface area contributed by atoms with Crippen LogP contribution in [0.15, 0.2) is 30.3 Å². The number of ether oxygens (including phenoxy) is 1. The fourth-order valence-corrected chi connectivity index (χ4v) is 3.92. The van der Waals surface area contributed by atoms with Crippen molar-refractivity contribution in [1.29, 1.82) is 0 Å². The van der Waals surface area contributed by atoms with Gasteiger partial charge in [0, 0.05) is 30.2 Å². The van der Waals surface area contributed by atoms with E-state index in [2.05, 4.69) is 6.92 Å². The number of aliphatic hydroxyl groups excluding tert-OH is 1. The van der Waals surface area contributed by atoms with Crippen LogP contribution >= 0.6 is 11.6 Å². The Balaban J connectivity index is 1.73. The van der Waals surface area contributed by atoms with Crippen LogP contribution in [0.5, 0.6) is 0 Å². The van der Waals surface area contributed by atoms with Gasteiger partial charge in [-0.25, -0.2) is 0 Å². The number of hydrogen-bond donors (Lipinski definition) is 1. The number of Topliss-reactive ketones (excluding diaryl/α,β-unsaturated/α-hetero) is 1. The number of benzene rings is 1. The number of ketones is 1. The van der Waals surface area contributed by atoms with Crippen LogP contribution in [0, 0.1) is 0 Å². The van der Waals surface area contributed by atoms with Crippen molar-refractivity contribution in [2.45, 2.75) is 45.1 Å². The molecule has 1 aliphatic rings. The van der Waals surface area contributed by atoms with Gasteiger partial charge in [-0.1, -0.05) is 43.5 Å². The highest BCUT2D eigenvalue weighted by Gasteiger charge is 2.33. The van der Waals surface area contributed by atoms with Crippen molar-refractivity contribution in [2.75, 3.05) is 32.9 Å². The summed E-state index contributed by atoms with van der Waals surface area (Å²) in [5.74, 6) is -0.147. The van der Waals surface area contributed by atoms with Gasteiger partial charge in [0.1, 0.15) is 5.69 Å². The van der Waals surface area contributed by atoms with Crippen LogP contribution in [0.25, 0.3) is 11.3 Å². The lowest BCUT2D eigenvalue weighted by Gasteiger charge is -2.33. The van der Waals surface area contributed by atoms with Crippen molar-refractivity contribution < 1.29 is 19.4 Å². The maximum absolute atomic E-state index is 13.1. The summed E-state index contributed by atoms with van der Waals surface area (Å²) in [6, 6.07) is 9.26. The van der Waals surface area contributed by atoms with Crippen molar-refractivity contribution in [3.8, 4) is 11.3 Å². The maximum atomic E-state index is 13.1. The van der Waals surface area contributed by atoms with Crippen molar-refractivity contribution in [3.05, 3.63) is 41.0 Å². The van der Waals surface area contributed by atoms with Gasteiger partial charge in [-0.2, -0.15) is 5.10 Å². The van der Waals surface area contributed by atoms with Crippen LogP contribution < -0.4 is 0 Å². The molecule has 1 unspecified atom stereocenters. The van der Waals surface area contributed by atoms with Gasteiger partial charge in [0.05, 0.1) is 31.5 Å². The number of unbranched alkanes of at least 4 members (excludes halogenated alkanes) is 1. The summed E-state index contributed by atoms with van der Waals surface area (Å²) in [6.07, 6.45) is 3.91. The first-order valence-electron chi connectivity index (χ1n) is 10.9. The third-order valence-electron chi connectivity index (χ3n) is 5.40. The fourth-order valence-electron chi connectivity index (χ4n) is 3.79. The van der Waals surface area contributed by atoms with Gasteiger partial charge in [0.15, 0.2) is 5.78 Å². The molecule has 0 radical (unpaired) electrons. The lowest BCUT2D eigenvalue weighted by atomic mass is 10.1. The van der Waals surface area contributed by atoms with Crippen LogP contribution in [0.2, 0.25) is 5.02 Å². The predicted octanol–water partition coefficient (Wildman–Crippen LogP) is 3.75. The standard InChI is InChI=1S/C23H30ClN3O4/c1-2-3-5-19-15-26(16-20(29)6-4-12-31-13-11-28)23(30)22-14-21(25-27(19)22)17-7-9-18(24)10-8-17/h7-10,14,19,28H,2-6,11-13,15-16H2,1H3. The maximum Gasteiger partial charge on any atom is 0.272 e. The second-order valence-corrected chi connectivity index (χ2v) is 8.26. The van der Waals surface area contributed by atoms with E-state index in [0.29, 0.717) is 36.7 Å². The zero-order chi connectivity index (χ0) is 22.2. The Morgan fingerprint density at radius 2 is 2.03 bits per heavy atom. The number of fused-ring (bicyclic) bond motifs is 1. The molecule has 0 saturated heterocycles. The van der Waals surface area contributed by atoms with Crippen molar-refractivity contribution >= 4 is 23.3 Å². The van der Waals surface area contributed by atoms with Gasteiger partial charge >= 0.3 is 0 Å². The number of aliphatic hydroxyl groups is 1. The van der Waals surface area contributed by atoms with E-state index in [1.165, 1.54) is 0 Å². The largest absolute Gasteiger partial charge is 0.394 e. The Labute approximate surface area is 187 Å². The van der Waals surface area contributed by atoms with E-state index >= 15 is 0 Å².